The van der Waals surface area contributed by atoms with Gasteiger partial charge in [-0.2, -0.15) is 13.2 Å². The number of halogens is 5. The molecule has 1 saturated carbocycles. The molecule has 0 aliphatic heterocycles. The van der Waals surface area contributed by atoms with Crippen molar-refractivity contribution in [2.45, 2.75) is 44.7 Å². The van der Waals surface area contributed by atoms with Gasteiger partial charge in [-0.25, -0.2) is 9.37 Å². The van der Waals surface area contributed by atoms with Crippen molar-refractivity contribution in [1.29, 1.82) is 0 Å². The molecule has 1 aliphatic rings. The Hall–Kier alpha value is -1.70. The van der Waals surface area contributed by atoms with Gasteiger partial charge in [0.15, 0.2) is 0 Å². The molecule has 3 rings (SSSR count). The van der Waals surface area contributed by atoms with E-state index < -0.39 is 17.9 Å². The Morgan fingerprint density at radius 3 is 2.23 bits per heavy atom. The van der Waals surface area contributed by atoms with Crippen LogP contribution >= 0.6 is 15.9 Å². The normalized spacial score (nSPS) is 21.0. The van der Waals surface area contributed by atoms with E-state index in [1.165, 1.54) is 28.8 Å². The number of hydrogen-bond acceptors (Lipinski definition) is 2. The largest absolute Gasteiger partial charge is 0.391 e. The van der Waals surface area contributed by atoms with Crippen LogP contribution in [-0.4, -0.2) is 15.7 Å². The fraction of sp³-hybridized carbons (Fsp3) is 0.444. The fourth-order valence-corrected chi connectivity index (χ4v) is 3.69. The second-order valence-electron chi connectivity index (χ2n) is 6.58. The summed E-state index contributed by atoms with van der Waals surface area (Å²) in [7, 11) is 0. The molecule has 140 valence electrons. The van der Waals surface area contributed by atoms with Gasteiger partial charge in [0, 0.05) is 5.92 Å². The molecule has 3 nitrogen and oxygen atoms in total. The standard InChI is InChI=1S/C18H17BrF4N2O/c1-10-15(19)17(26)25(14-8-6-13(20)7-9-14)16(24-10)11-2-4-12(5-3-11)18(21,22)23/h6-9,11-12H,2-5H2,1H3. The fourth-order valence-electron chi connectivity index (χ4n) is 3.42. The summed E-state index contributed by atoms with van der Waals surface area (Å²) >= 11 is 3.22. The maximum Gasteiger partial charge on any atom is 0.391 e. The smallest absolute Gasteiger partial charge is 0.268 e. The van der Waals surface area contributed by atoms with Gasteiger partial charge in [0.2, 0.25) is 0 Å². The molecule has 1 heterocycles. The van der Waals surface area contributed by atoms with E-state index in [-0.39, 0.29) is 28.8 Å². The van der Waals surface area contributed by atoms with Crippen LogP contribution in [0, 0.1) is 18.7 Å². The topological polar surface area (TPSA) is 34.9 Å². The number of benzene rings is 1. The summed E-state index contributed by atoms with van der Waals surface area (Å²) < 4.78 is 53.7. The minimum atomic E-state index is -4.19. The Balaban J connectivity index is 2.02. The molecule has 1 fully saturated rings. The van der Waals surface area contributed by atoms with Crippen LogP contribution < -0.4 is 5.56 Å². The molecule has 8 heteroatoms. The second kappa shape index (κ2) is 7.13. The summed E-state index contributed by atoms with van der Waals surface area (Å²) in [4.78, 5) is 17.2. The third-order valence-corrected chi connectivity index (χ3v) is 5.77. The van der Waals surface area contributed by atoms with Crippen LogP contribution in [0.2, 0.25) is 0 Å². The van der Waals surface area contributed by atoms with E-state index in [1.54, 1.807) is 6.92 Å². The molecule has 0 spiro atoms. The minimum absolute atomic E-state index is 0.0164. The van der Waals surface area contributed by atoms with E-state index in [2.05, 4.69) is 20.9 Å². The van der Waals surface area contributed by atoms with Crippen LogP contribution in [0.5, 0.6) is 0 Å². The van der Waals surface area contributed by atoms with Crippen LogP contribution in [0.3, 0.4) is 0 Å². The summed E-state index contributed by atoms with van der Waals surface area (Å²) in [6.45, 7) is 1.67. The molecule has 1 aromatic carbocycles. The van der Waals surface area contributed by atoms with Gasteiger partial charge in [-0.15, -0.1) is 0 Å². The second-order valence-corrected chi connectivity index (χ2v) is 7.37. The number of hydrogen-bond donors (Lipinski definition) is 0. The van der Waals surface area contributed by atoms with Crippen molar-refractivity contribution in [2.24, 2.45) is 5.92 Å². The molecule has 0 atom stereocenters. The Kier molecular flexibility index (Phi) is 5.23. The first-order chi connectivity index (χ1) is 12.2. The third kappa shape index (κ3) is 3.70. The highest BCUT2D eigenvalue weighted by Crippen LogP contribution is 2.42. The average molecular weight is 433 g/mol. The summed E-state index contributed by atoms with van der Waals surface area (Å²) in [6, 6.07) is 5.40. The highest BCUT2D eigenvalue weighted by Gasteiger charge is 2.42. The van der Waals surface area contributed by atoms with Crippen LogP contribution in [0.4, 0.5) is 17.6 Å². The molecule has 2 aromatic rings. The van der Waals surface area contributed by atoms with E-state index in [4.69, 9.17) is 0 Å². The molecule has 1 aromatic heterocycles. The van der Waals surface area contributed by atoms with Crippen molar-refractivity contribution in [1.82, 2.24) is 9.55 Å². The number of nitrogens with zero attached hydrogens (tertiary/aromatic N) is 2. The summed E-state index contributed by atoms with van der Waals surface area (Å²) in [5, 5.41) is 0. The lowest BCUT2D eigenvalue weighted by atomic mass is 9.81. The van der Waals surface area contributed by atoms with Crippen LogP contribution in [0.1, 0.15) is 43.1 Å². The molecule has 0 radical (unpaired) electrons. The van der Waals surface area contributed by atoms with Crippen molar-refractivity contribution in [3.8, 4) is 5.69 Å². The SMILES string of the molecule is Cc1nc(C2CCC(C(F)(F)F)CC2)n(-c2ccc(F)cc2)c(=O)c1Br. The number of alkyl halides is 3. The van der Waals surface area contributed by atoms with Crippen LogP contribution in [-0.2, 0) is 0 Å². The third-order valence-electron chi connectivity index (χ3n) is 4.86. The molecular weight excluding hydrogens is 416 g/mol. The van der Waals surface area contributed by atoms with Crippen LogP contribution in [0.15, 0.2) is 33.5 Å². The van der Waals surface area contributed by atoms with Gasteiger partial charge in [0.1, 0.15) is 16.1 Å². The Bertz CT molecular complexity index is 853. The predicted octanol–water partition coefficient (Wildman–Crippen LogP) is 5.28. The number of aryl methyl sites for hydroxylation is 1. The van der Waals surface area contributed by atoms with Crippen LogP contribution in [0.25, 0.3) is 5.69 Å². The Labute approximate surface area is 156 Å². The van der Waals surface area contributed by atoms with E-state index in [0.29, 0.717) is 30.0 Å². The first kappa shape index (κ1) is 19.1. The van der Waals surface area contributed by atoms with Gasteiger partial charge in [0.05, 0.1) is 17.3 Å². The lowest BCUT2D eigenvalue weighted by Crippen LogP contribution is -2.31. The van der Waals surface area contributed by atoms with Crippen molar-refractivity contribution >= 4 is 15.9 Å². The molecule has 26 heavy (non-hydrogen) atoms. The molecule has 0 N–H and O–H groups in total. The predicted molar refractivity (Wildman–Crippen MR) is 93.0 cm³/mol. The van der Waals surface area contributed by atoms with E-state index in [1.807, 2.05) is 0 Å². The van der Waals surface area contributed by atoms with Gasteiger partial charge in [-0.1, -0.05) is 0 Å². The van der Waals surface area contributed by atoms with Gasteiger partial charge < -0.3 is 0 Å². The summed E-state index contributed by atoms with van der Waals surface area (Å²) in [6.07, 6.45) is -3.55. The molecule has 0 bridgehead atoms. The highest BCUT2D eigenvalue weighted by molar-refractivity contribution is 9.10. The zero-order chi connectivity index (χ0) is 19.1. The first-order valence-corrected chi connectivity index (χ1v) is 9.09. The monoisotopic (exact) mass is 432 g/mol. The maximum atomic E-state index is 13.2. The zero-order valence-electron chi connectivity index (χ0n) is 14.0. The van der Waals surface area contributed by atoms with Gasteiger partial charge in [-0.3, -0.25) is 9.36 Å². The molecule has 0 saturated heterocycles. The van der Waals surface area contributed by atoms with Crippen molar-refractivity contribution in [3.05, 3.63) is 56.4 Å². The minimum Gasteiger partial charge on any atom is -0.268 e. The van der Waals surface area contributed by atoms with Gasteiger partial charge in [0.25, 0.3) is 5.56 Å². The lowest BCUT2D eigenvalue weighted by molar-refractivity contribution is -0.182. The average Bonchev–Trinajstić information content (AvgIpc) is 2.60. The van der Waals surface area contributed by atoms with Gasteiger partial charge in [-0.05, 0) is 72.8 Å². The van der Waals surface area contributed by atoms with Crippen molar-refractivity contribution < 1.29 is 17.6 Å². The lowest BCUT2D eigenvalue weighted by Gasteiger charge is -2.30. The molecule has 0 unspecified atom stereocenters. The van der Waals surface area contributed by atoms with E-state index in [0.717, 1.165) is 0 Å². The Morgan fingerprint density at radius 1 is 1.12 bits per heavy atom. The Morgan fingerprint density at radius 2 is 1.69 bits per heavy atom. The van der Waals surface area contributed by atoms with E-state index >= 15 is 0 Å². The maximum absolute atomic E-state index is 13.2. The molecular formula is C18H17BrF4N2O. The van der Waals surface area contributed by atoms with Crippen molar-refractivity contribution in [2.75, 3.05) is 0 Å². The van der Waals surface area contributed by atoms with Crippen molar-refractivity contribution in [3.63, 3.8) is 0 Å². The summed E-state index contributed by atoms with van der Waals surface area (Å²) in [5.41, 5.74) is 0.580. The van der Waals surface area contributed by atoms with Gasteiger partial charge >= 0.3 is 6.18 Å². The van der Waals surface area contributed by atoms with E-state index in [9.17, 15) is 22.4 Å². The highest BCUT2D eigenvalue weighted by atomic mass is 79.9. The number of aromatic nitrogens is 2. The zero-order valence-corrected chi connectivity index (χ0v) is 15.6. The molecule has 1 aliphatic carbocycles. The number of rotatable bonds is 2. The quantitative estimate of drug-likeness (QED) is 0.605. The summed E-state index contributed by atoms with van der Waals surface area (Å²) in [5.74, 6) is -1.56. The molecule has 0 amide bonds. The first-order valence-electron chi connectivity index (χ1n) is 8.30.